The van der Waals surface area contributed by atoms with Gasteiger partial charge in [-0.15, -0.1) is 0 Å². The van der Waals surface area contributed by atoms with Gasteiger partial charge in [0.15, 0.2) is 0 Å². The molecule has 1 rings (SSSR count). The molecule has 0 amide bonds. The van der Waals surface area contributed by atoms with Crippen LogP contribution >= 0.6 is 0 Å². The number of unbranched alkanes of at least 4 members (excludes halogenated alkanes) is 2. The second kappa shape index (κ2) is 6.68. The minimum atomic E-state index is -0.299. The van der Waals surface area contributed by atoms with Crippen molar-refractivity contribution in [3.63, 3.8) is 0 Å². The maximum atomic E-state index is 9.73. The van der Waals surface area contributed by atoms with Crippen LogP contribution in [0.5, 0.6) is 0 Å². The first-order valence-electron chi connectivity index (χ1n) is 5.71. The fraction of sp³-hybridized carbons (Fsp3) is 0.692. The molecule has 1 unspecified atom stereocenters. The minimum absolute atomic E-state index is 0.299. The van der Waals surface area contributed by atoms with Crippen LogP contribution in [0.4, 0.5) is 0 Å². The van der Waals surface area contributed by atoms with E-state index < -0.39 is 0 Å². The van der Waals surface area contributed by atoms with Gasteiger partial charge < -0.3 is 5.11 Å². The van der Waals surface area contributed by atoms with Gasteiger partial charge >= 0.3 is 0 Å². The fourth-order valence-corrected chi connectivity index (χ4v) is 1.60. The van der Waals surface area contributed by atoms with E-state index in [1.807, 2.05) is 0 Å². The number of aliphatic hydroxyl groups excluding tert-OH is 1. The van der Waals surface area contributed by atoms with Crippen molar-refractivity contribution in [2.75, 3.05) is 0 Å². The van der Waals surface area contributed by atoms with Crippen LogP contribution in [-0.2, 0) is 0 Å². The molecule has 0 saturated heterocycles. The highest BCUT2D eigenvalue weighted by Gasteiger charge is 2.10. The van der Waals surface area contributed by atoms with Gasteiger partial charge in [0.05, 0.1) is 6.10 Å². The summed E-state index contributed by atoms with van der Waals surface area (Å²) in [5.41, 5.74) is 0.957. The largest absolute Gasteiger partial charge is 0.388 e. The van der Waals surface area contributed by atoms with E-state index in [9.17, 15) is 5.11 Å². The van der Waals surface area contributed by atoms with Crippen molar-refractivity contribution in [2.45, 2.75) is 58.0 Å². The van der Waals surface area contributed by atoms with Crippen molar-refractivity contribution in [1.29, 1.82) is 0 Å². The van der Waals surface area contributed by atoms with Crippen LogP contribution in [0.1, 0.15) is 51.9 Å². The lowest BCUT2D eigenvalue weighted by atomic mass is 10.1. The highest BCUT2D eigenvalue weighted by Crippen LogP contribution is 2.17. The zero-order valence-corrected chi connectivity index (χ0v) is 9.05. The topological polar surface area (TPSA) is 20.2 Å². The van der Waals surface area contributed by atoms with Gasteiger partial charge in [-0.1, -0.05) is 37.7 Å². The molecule has 1 aliphatic rings. The zero-order chi connectivity index (χ0) is 10.2. The molecule has 0 saturated carbocycles. The van der Waals surface area contributed by atoms with E-state index in [1.165, 1.54) is 12.8 Å². The van der Waals surface area contributed by atoms with Crippen LogP contribution in [0.2, 0.25) is 0 Å². The first kappa shape index (κ1) is 11.3. The average Bonchev–Trinajstić information content (AvgIpc) is 2.39. The summed E-state index contributed by atoms with van der Waals surface area (Å²) < 4.78 is 0. The van der Waals surface area contributed by atoms with Gasteiger partial charge in [0.25, 0.3) is 0 Å². The summed E-state index contributed by atoms with van der Waals surface area (Å²) in [5, 5.41) is 9.73. The fourth-order valence-electron chi connectivity index (χ4n) is 1.60. The molecule has 1 nitrogen and oxygen atoms in total. The maximum absolute atomic E-state index is 9.73. The molecule has 14 heavy (non-hydrogen) atoms. The van der Waals surface area contributed by atoms with E-state index in [2.05, 4.69) is 24.8 Å². The highest BCUT2D eigenvalue weighted by molar-refractivity contribution is 5.32. The van der Waals surface area contributed by atoms with Gasteiger partial charge in [-0.3, -0.25) is 0 Å². The molecule has 0 radical (unpaired) electrons. The van der Waals surface area contributed by atoms with Crippen LogP contribution in [0.15, 0.2) is 11.6 Å². The first-order valence-corrected chi connectivity index (χ1v) is 5.71. The Balaban J connectivity index is 2.45. The summed E-state index contributed by atoms with van der Waals surface area (Å²) in [7, 11) is 0. The SMILES string of the molecule is CCCCC#CC1=CCCCCC1O. The number of hydrogen-bond acceptors (Lipinski definition) is 1. The number of allylic oxidation sites excluding steroid dienone is 1. The molecule has 1 heteroatoms. The Morgan fingerprint density at radius 3 is 3.14 bits per heavy atom. The lowest BCUT2D eigenvalue weighted by Gasteiger charge is -2.05. The Morgan fingerprint density at radius 2 is 2.36 bits per heavy atom. The van der Waals surface area contributed by atoms with E-state index in [-0.39, 0.29) is 6.10 Å². The van der Waals surface area contributed by atoms with Gasteiger partial charge in [0, 0.05) is 12.0 Å². The third-order valence-corrected chi connectivity index (χ3v) is 2.54. The average molecular weight is 192 g/mol. The number of rotatable bonds is 2. The monoisotopic (exact) mass is 192 g/mol. The standard InChI is InChI=1S/C13H20O/c1-2-3-4-6-9-12-10-7-5-8-11-13(12)14/h10,13-14H,2-5,7-8,11H2,1H3. The van der Waals surface area contributed by atoms with Gasteiger partial charge in [0.1, 0.15) is 0 Å². The second-order valence-electron chi connectivity index (χ2n) is 3.87. The molecule has 0 aromatic rings. The number of hydrogen-bond donors (Lipinski definition) is 1. The molecule has 0 aromatic heterocycles. The quantitative estimate of drug-likeness (QED) is 0.526. The summed E-state index contributed by atoms with van der Waals surface area (Å²) in [4.78, 5) is 0. The Morgan fingerprint density at radius 1 is 1.50 bits per heavy atom. The third-order valence-electron chi connectivity index (χ3n) is 2.54. The summed E-state index contributed by atoms with van der Waals surface area (Å²) in [5.74, 6) is 6.24. The predicted octanol–water partition coefficient (Wildman–Crippen LogP) is 3.04. The van der Waals surface area contributed by atoms with E-state index >= 15 is 0 Å². The third kappa shape index (κ3) is 3.98. The van der Waals surface area contributed by atoms with Gasteiger partial charge in [-0.05, 0) is 25.7 Å². The predicted molar refractivity (Wildman–Crippen MR) is 59.9 cm³/mol. The molecule has 1 N–H and O–H groups in total. The van der Waals surface area contributed by atoms with E-state index in [0.717, 1.165) is 37.7 Å². The Labute approximate surface area is 87.2 Å². The lowest BCUT2D eigenvalue weighted by Crippen LogP contribution is -2.07. The van der Waals surface area contributed by atoms with E-state index in [0.29, 0.717) is 0 Å². The Bertz CT molecular complexity index is 242. The van der Waals surface area contributed by atoms with Crippen LogP contribution in [0.25, 0.3) is 0 Å². The van der Waals surface area contributed by atoms with E-state index in [1.54, 1.807) is 0 Å². The smallest absolute Gasteiger partial charge is 0.0864 e. The van der Waals surface area contributed by atoms with Crippen molar-refractivity contribution in [3.05, 3.63) is 11.6 Å². The maximum Gasteiger partial charge on any atom is 0.0864 e. The molecule has 78 valence electrons. The molecule has 0 bridgehead atoms. The molecular weight excluding hydrogens is 172 g/mol. The van der Waals surface area contributed by atoms with E-state index in [4.69, 9.17) is 0 Å². The van der Waals surface area contributed by atoms with Crippen molar-refractivity contribution in [3.8, 4) is 11.8 Å². The lowest BCUT2D eigenvalue weighted by molar-refractivity contribution is 0.204. The van der Waals surface area contributed by atoms with Crippen LogP contribution in [0.3, 0.4) is 0 Å². The molecule has 0 heterocycles. The molecule has 1 aliphatic carbocycles. The molecule has 0 aromatic carbocycles. The number of aliphatic hydroxyl groups is 1. The normalized spacial score (nSPS) is 21.9. The van der Waals surface area contributed by atoms with Crippen molar-refractivity contribution in [1.82, 2.24) is 0 Å². The van der Waals surface area contributed by atoms with Gasteiger partial charge in [0.2, 0.25) is 0 Å². The van der Waals surface area contributed by atoms with Gasteiger partial charge in [-0.2, -0.15) is 0 Å². The van der Waals surface area contributed by atoms with Crippen molar-refractivity contribution < 1.29 is 5.11 Å². The zero-order valence-electron chi connectivity index (χ0n) is 9.05. The van der Waals surface area contributed by atoms with Crippen LogP contribution in [-0.4, -0.2) is 11.2 Å². The second-order valence-corrected chi connectivity index (χ2v) is 3.87. The molecule has 0 aliphatic heterocycles. The molecular formula is C13H20O. The Hall–Kier alpha value is -0.740. The molecule has 0 fully saturated rings. The first-order chi connectivity index (χ1) is 6.84. The Kier molecular flexibility index (Phi) is 5.40. The van der Waals surface area contributed by atoms with Crippen molar-refractivity contribution >= 4 is 0 Å². The highest BCUT2D eigenvalue weighted by atomic mass is 16.3. The summed E-state index contributed by atoms with van der Waals surface area (Å²) in [6.07, 6.45) is 9.40. The van der Waals surface area contributed by atoms with Crippen LogP contribution < -0.4 is 0 Å². The molecule has 1 atom stereocenters. The molecule has 0 spiro atoms. The van der Waals surface area contributed by atoms with Gasteiger partial charge in [-0.25, -0.2) is 0 Å². The minimum Gasteiger partial charge on any atom is -0.388 e. The summed E-state index contributed by atoms with van der Waals surface area (Å²) >= 11 is 0. The van der Waals surface area contributed by atoms with Crippen LogP contribution in [0, 0.1) is 11.8 Å². The summed E-state index contributed by atoms with van der Waals surface area (Å²) in [6, 6.07) is 0. The summed E-state index contributed by atoms with van der Waals surface area (Å²) in [6.45, 7) is 2.17. The van der Waals surface area contributed by atoms with Crippen molar-refractivity contribution in [2.24, 2.45) is 0 Å².